The number of halogens is 4. The highest BCUT2D eigenvalue weighted by Gasteiger charge is 2.31. The van der Waals surface area contributed by atoms with Crippen LogP contribution in [-0.4, -0.2) is 13.5 Å². The number of hydrogen-bond donors (Lipinski definition) is 0. The maximum Gasteiger partial charge on any atom is 0.573 e. The summed E-state index contributed by atoms with van der Waals surface area (Å²) in [5, 5.41) is -0.462. The molecule has 0 N–H and O–H groups in total. The van der Waals surface area contributed by atoms with E-state index >= 15 is 0 Å². The summed E-state index contributed by atoms with van der Waals surface area (Å²) in [5.41, 5.74) is 1.50. The average molecular weight is 317 g/mol. The predicted molar refractivity (Wildman–Crippen MR) is 73.8 cm³/mol. The third-order valence-electron chi connectivity index (χ3n) is 2.81. The fraction of sp³-hybridized carbons (Fsp3) is 0.200. The number of rotatable bonds is 4. The summed E-state index contributed by atoms with van der Waals surface area (Å²) >= 11 is 6.31. The molecular weight excluding hydrogens is 305 g/mol. The molecule has 1 unspecified atom stereocenters. The lowest BCUT2D eigenvalue weighted by molar-refractivity contribution is -0.274. The fourth-order valence-corrected chi connectivity index (χ4v) is 2.09. The van der Waals surface area contributed by atoms with Crippen LogP contribution in [0.25, 0.3) is 0 Å². The summed E-state index contributed by atoms with van der Waals surface area (Å²) in [6, 6.07) is 12.6. The molecule has 2 nitrogen and oxygen atoms in total. The first-order chi connectivity index (χ1) is 9.89. The van der Waals surface area contributed by atoms with Crippen molar-refractivity contribution in [1.29, 1.82) is 0 Å². The van der Waals surface area contributed by atoms with Crippen LogP contribution in [-0.2, 0) is 0 Å². The van der Waals surface area contributed by atoms with Gasteiger partial charge in [0.15, 0.2) is 0 Å². The lowest BCUT2D eigenvalue weighted by Gasteiger charge is -2.13. The second-order valence-electron chi connectivity index (χ2n) is 4.25. The van der Waals surface area contributed by atoms with E-state index in [1.54, 1.807) is 31.4 Å². The molecule has 0 fully saturated rings. The van der Waals surface area contributed by atoms with E-state index in [1.807, 2.05) is 0 Å². The van der Waals surface area contributed by atoms with Crippen LogP contribution in [0.4, 0.5) is 13.2 Å². The Labute approximate surface area is 125 Å². The van der Waals surface area contributed by atoms with Crippen LogP contribution in [0.2, 0.25) is 0 Å². The van der Waals surface area contributed by atoms with Gasteiger partial charge in [0.1, 0.15) is 11.5 Å². The van der Waals surface area contributed by atoms with Gasteiger partial charge in [0, 0.05) is 0 Å². The zero-order valence-electron chi connectivity index (χ0n) is 11.0. The van der Waals surface area contributed by atoms with Gasteiger partial charge in [0.25, 0.3) is 0 Å². The number of ether oxygens (including phenoxy) is 2. The van der Waals surface area contributed by atoms with E-state index in [4.69, 9.17) is 16.3 Å². The SMILES string of the molecule is COc1ccc(C(Cl)c2ccc(OC(F)(F)F)cc2)cc1. The van der Waals surface area contributed by atoms with Crippen molar-refractivity contribution in [2.75, 3.05) is 7.11 Å². The molecule has 0 heterocycles. The maximum atomic E-state index is 12.1. The molecule has 2 rings (SSSR count). The first-order valence-electron chi connectivity index (χ1n) is 6.03. The molecule has 0 aliphatic carbocycles. The Morgan fingerprint density at radius 2 is 1.29 bits per heavy atom. The minimum Gasteiger partial charge on any atom is -0.497 e. The zero-order chi connectivity index (χ0) is 15.5. The highest BCUT2D eigenvalue weighted by Crippen LogP contribution is 2.31. The van der Waals surface area contributed by atoms with Crippen molar-refractivity contribution < 1.29 is 22.6 Å². The number of methoxy groups -OCH3 is 1. The third kappa shape index (κ3) is 4.29. The monoisotopic (exact) mass is 316 g/mol. The van der Waals surface area contributed by atoms with Crippen molar-refractivity contribution in [3.8, 4) is 11.5 Å². The summed E-state index contributed by atoms with van der Waals surface area (Å²) in [4.78, 5) is 0. The van der Waals surface area contributed by atoms with Crippen LogP contribution in [0, 0.1) is 0 Å². The van der Waals surface area contributed by atoms with Gasteiger partial charge in [-0.1, -0.05) is 24.3 Å². The van der Waals surface area contributed by atoms with Gasteiger partial charge in [-0.25, -0.2) is 0 Å². The maximum absolute atomic E-state index is 12.1. The molecule has 2 aromatic rings. The average Bonchev–Trinajstić information content (AvgIpc) is 2.46. The topological polar surface area (TPSA) is 18.5 Å². The Balaban J connectivity index is 2.13. The van der Waals surface area contributed by atoms with E-state index in [1.165, 1.54) is 24.3 Å². The standard InChI is InChI=1S/C15H12ClF3O2/c1-20-12-6-2-10(3-7-12)14(16)11-4-8-13(9-5-11)21-15(17,18)19/h2-9,14H,1H3. The molecule has 0 spiro atoms. The Hall–Kier alpha value is -1.88. The Kier molecular flexibility index (Phi) is 4.63. The summed E-state index contributed by atoms with van der Waals surface area (Å²) in [5.74, 6) is 0.432. The second kappa shape index (κ2) is 6.26. The first kappa shape index (κ1) is 15.5. The van der Waals surface area contributed by atoms with Crippen molar-refractivity contribution in [2.45, 2.75) is 11.7 Å². The molecule has 0 amide bonds. The highest BCUT2D eigenvalue weighted by atomic mass is 35.5. The summed E-state index contributed by atoms with van der Waals surface area (Å²) in [6.07, 6.45) is -4.70. The molecule has 0 aliphatic heterocycles. The van der Waals surface area contributed by atoms with Gasteiger partial charge in [-0.3, -0.25) is 0 Å². The van der Waals surface area contributed by atoms with Crippen molar-refractivity contribution in [3.63, 3.8) is 0 Å². The molecule has 0 aromatic heterocycles. The van der Waals surface area contributed by atoms with E-state index in [0.717, 1.165) is 5.56 Å². The van der Waals surface area contributed by atoms with E-state index < -0.39 is 11.7 Å². The van der Waals surface area contributed by atoms with Crippen molar-refractivity contribution in [2.24, 2.45) is 0 Å². The summed E-state index contributed by atoms with van der Waals surface area (Å²) in [6.45, 7) is 0. The van der Waals surface area contributed by atoms with E-state index in [-0.39, 0.29) is 5.75 Å². The van der Waals surface area contributed by atoms with Gasteiger partial charge in [-0.15, -0.1) is 24.8 Å². The second-order valence-corrected chi connectivity index (χ2v) is 4.69. The smallest absolute Gasteiger partial charge is 0.497 e. The van der Waals surface area contributed by atoms with E-state index in [0.29, 0.717) is 11.3 Å². The van der Waals surface area contributed by atoms with Gasteiger partial charge in [-0.05, 0) is 35.4 Å². The third-order valence-corrected chi connectivity index (χ3v) is 3.32. The van der Waals surface area contributed by atoms with Crippen LogP contribution in [0.3, 0.4) is 0 Å². The van der Waals surface area contributed by atoms with Crippen molar-refractivity contribution in [1.82, 2.24) is 0 Å². The molecule has 0 saturated heterocycles. The van der Waals surface area contributed by atoms with Gasteiger partial charge in [0.05, 0.1) is 12.5 Å². The Morgan fingerprint density at radius 3 is 1.67 bits per heavy atom. The fourth-order valence-electron chi connectivity index (χ4n) is 1.80. The molecule has 21 heavy (non-hydrogen) atoms. The molecule has 112 valence electrons. The summed E-state index contributed by atoms with van der Waals surface area (Å²) in [7, 11) is 1.56. The lowest BCUT2D eigenvalue weighted by atomic mass is 10.0. The van der Waals surface area contributed by atoms with Gasteiger partial charge in [-0.2, -0.15) is 0 Å². The minimum atomic E-state index is -4.70. The zero-order valence-corrected chi connectivity index (χ0v) is 11.8. The molecular formula is C15H12ClF3O2. The van der Waals surface area contributed by atoms with E-state index in [2.05, 4.69) is 4.74 Å². The number of hydrogen-bond acceptors (Lipinski definition) is 2. The predicted octanol–water partition coefficient (Wildman–Crippen LogP) is 4.92. The van der Waals surface area contributed by atoms with Crippen LogP contribution in [0.15, 0.2) is 48.5 Å². The van der Waals surface area contributed by atoms with E-state index in [9.17, 15) is 13.2 Å². The Morgan fingerprint density at radius 1 is 0.857 bits per heavy atom. The van der Waals surface area contributed by atoms with Gasteiger partial charge >= 0.3 is 6.36 Å². The van der Waals surface area contributed by atoms with Gasteiger partial charge in [0.2, 0.25) is 0 Å². The quantitative estimate of drug-likeness (QED) is 0.745. The number of benzene rings is 2. The normalized spacial score (nSPS) is 12.8. The molecule has 0 saturated carbocycles. The molecule has 0 bridgehead atoms. The van der Waals surface area contributed by atoms with Gasteiger partial charge < -0.3 is 9.47 Å². The lowest BCUT2D eigenvalue weighted by Crippen LogP contribution is -2.17. The van der Waals surface area contributed by atoms with Crippen LogP contribution in [0.5, 0.6) is 11.5 Å². The molecule has 0 aliphatic rings. The van der Waals surface area contributed by atoms with Crippen LogP contribution >= 0.6 is 11.6 Å². The highest BCUT2D eigenvalue weighted by molar-refractivity contribution is 6.22. The van der Waals surface area contributed by atoms with Crippen LogP contribution < -0.4 is 9.47 Å². The molecule has 2 aromatic carbocycles. The van der Waals surface area contributed by atoms with Crippen molar-refractivity contribution >= 4 is 11.6 Å². The van der Waals surface area contributed by atoms with Crippen LogP contribution in [0.1, 0.15) is 16.5 Å². The Bertz CT molecular complexity index is 579. The number of alkyl halides is 4. The van der Waals surface area contributed by atoms with Crippen molar-refractivity contribution in [3.05, 3.63) is 59.7 Å². The molecule has 6 heteroatoms. The minimum absolute atomic E-state index is 0.273. The first-order valence-corrected chi connectivity index (χ1v) is 6.46. The summed E-state index contributed by atoms with van der Waals surface area (Å²) < 4.78 is 45.1. The molecule has 0 radical (unpaired) electrons. The molecule has 1 atom stereocenters. The largest absolute Gasteiger partial charge is 0.573 e.